The molecule has 0 radical (unpaired) electrons. The number of nitrogens with zero attached hydrogens (tertiary/aromatic N) is 2. The fraction of sp³-hybridized carbons (Fsp3) is 1.00. The standard InChI is InChI=1S/C16H38N2/c1-7-12-14-18(11-5,13-8-2)16-15-17(6,9-3)10-4/h7-16H2,1-6H3/q+2. The second kappa shape index (κ2) is 8.92. The van der Waals surface area contributed by atoms with Gasteiger partial charge in [0.05, 0.1) is 39.8 Å². The highest BCUT2D eigenvalue weighted by molar-refractivity contribution is 4.46. The summed E-state index contributed by atoms with van der Waals surface area (Å²) >= 11 is 0. The number of likely N-dealkylation sites (N-methyl/N-ethyl adjacent to an activating group) is 2. The smallest absolute Gasteiger partial charge is 0.128 e. The Labute approximate surface area is 116 Å². The van der Waals surface area contributed by atoms with Gasteiger partial charge < -0.3 is 8.97 Å². The van der Waals surface area contributed by atoms with Crippen molar-refractivity contribution < 1.29 is 8.97 Å². The molecule has 0 heterocycles. The van der Waals surface area contributed by atoms with E-state index in [9.17, 15) is 0 Å². The number of rotatable bonds is 11. The van der Waals surface area contributed by atoms with Crippen molar-refractivity contribution in [2.24, 2.45) is 0 Å². The molecule has 0 aliphatic rings. The van der Waals surface area contributed by atoms with Crippen LogP contribution in [0.5, 0.6) is 0 Å². The van der Waals surface area contributed by atoms with Crippen LogP contribution < -0.4 is 0 Å². The summed E-state index contributed by atoms with van der Waals surface area (Å²) in [6.07, 6.45) is 4.03. The summed E-state index contributed by atoms with van der Waals surface area (Å²) in [4.78, 5) is 0. The second-order valence-corrected chi connectivity index (χ2v) is 6.16. The fourth-order valence-electron chi connectivity index (χ4n) is 2.77. The molecule has 0 saturated carbocycles. The van der Waals surface area contributed by atoms with Gasteiger partial charge in [-0.25, -0.2) is 0 Å². The van der Waals surface area contributed by atoms with Gasteiger partial charge in [-0.1, -0.05) is 20.3 Å². The number of hydrogen-bond acceptors (Lipinski definition) is 0. The molecule has 1 unspecified atom stereocenters. The average molecular weight is 258 g/mol. The van der Waals surface area contributed by atoms with Crippen molar-refractivity contribution in [1.29, 1.82) is 0 Å². The predicted octanol–water partition coefficient (Wildman–Crippen LogP) is 3.52. The highest BCUT2D eigenvalue weighted by atomic mass is 15.4. The molecular formula is C16H38N2+2. The summed E-state index contributed by atoms with van der Waals surface area (Å²) in [6.45, 7) is 21.0. The van der Waals surface area contributed by atoms with Crippen LogP contribution in [0.2, 0.25) is 0 Å². The van der Waals surface area contributed by atoms with E-state index in [0.717, 1.165) is 0 Å². The molecule has 0 saturated heterocycles. The molecule has 0 rings (SSSR count). The summed E-state index contributed by atoms with van der Waals surface area (Å²) in [5, 5.41) is 0. The molecule has 110 valence electrons. The molecule has 0 aromatic heterocycles. The van der Waals surface area contributed by atoms with Crippen molar-refractivity contribution in [3.05, 3.63) is 0 Å². The number of hydrogen-bond donors (Lipinski definition) is 0. The minimum atomic E-state index is 1.23. The quantitative estimate of drug-likeness (QED) is 0.497. The van der Waals surface area contributed by atoms with Crippen molar-refractivity contribution in [3.63, 3.8) is 0 Å². The maximum Gasteiger partial charge on any atom is 0.128 e. The van der Waals surface area contributed by atoms with Crippen LogP contribution >= 0.6 is 0 Å². The Bertz CT molecular complexity index is 199. The minimum Gasteiger partial charge on any atom is -0.322 e. The van der Waals surface area contributed by atoms with Crippen LogP contribution in [0, 0.1) is 0 Å². The van der Waals surface area contributed by atoms with E-state index in [1.165, 1.54) is 74.0 Å². The lowest BCUT2D eigenvalue weighted by atomic mass is 10.2. The van der Waals surface area contributed by atoms with Crippen LogP contribution in [-0.4, -0.2) is 61.8 Å². The zero-order valence-corrected chi connectivity index (χ0v) is 14.0. The van der Waals surface area contributed by atoms with Gasteiger partial charge in [-0.2, -0.15) is 0 Å². The van der Waals surface area contributed by atoms with E-state index in [1.54, 1.807) is 0 Å². The van der Waals surface area contributed by atoms with Crippen molar-refractivity contribution in [1.82, 2.24) is 0 Å². The van der Waals surface area contributed by atoms with E-state index in [0.29, 0.717) is 0 Å². The molecule has 0 aliphatic heterocycles. The number of unbranched alkanes of at least 4 members (excludes halogenated alkanes) is 1. The molecule has 1 atom stereocenters. The molecule has 0 fully saturated rings. The van der Waals surface area contributed by atoms with Gasteiger partial charge >= 0.3 is 0 Å². The molecule has 0 aromatic carbocycles. The van der Waals surface area contributed by atoms with E-state index >= 15 is 0 Å². The van der Waals surface area contributed by atoms with Crippen LogP contribution in [0.1, 0.15) is 53.9 Å². The monoisotopic (exact) mass is 258 g/mol. The first-order valence-corrected chi connectivity index (χ1v) is 8.20. The van der Waals surface area contributed by atoms with Gasteiger partial charge in [-0.05, 0) is 33.6 Å². The first kappa shape index (κ1) is 17.9. The summed E-state index contributed by atoms with van der Waals surface area (Å²) in [5.41, 5.74) is 0. The predicted molar refractivity (Wildman–Crippen MR) is 82.7 cm³/mol. The van der Waals surface area contributed by atoms with E-state index in [4.69, 9.17) is 0 Å². The lowest BCUT2D eigenvalue weighted by Crippen LogP contribution is -2.56. The van der Waals surface area contributed by atoms with Gasteiger partial charge in [-0.3, -0.25) is 0 Å². The Balaban J connectivity index is 4.56. The van der Waals surface area contributed by atoms with Crippen LogP contribution in [0.15, 0.2) is 0 Å². The van der Waals surface area contributed by atoms with Crippen LogP contribution in [-0.2, 0) is 0 Å². The van der Waals surface area contributed by atoms with Crippen LogP contribution in [0.3, 0.4) is 0 Å². The van der Waals surface area contributed by atoms with Crippen molar-refractivity contribution in [2.75, 3.05) is 52.9 Å². The van der Waals surface area contributed by atoms with Gasteiger partial charge in [-0.15, -0.1) is 0 Å². The Morgan fingerprint density at radius 2 is 1.22 bits per heavy atom. The minimum absolute atomic E-state index is 1.23. The largest absolute Gasteiger partial charge is 0.322 e. The molecule has 2 nitrogen and oxygen atoms in total. The normalized spacial score (nSPS) is 15.7. The molecule has 18 heavy (non-hydrogen) atoms. The van der Waals surface area contributed by atoms with Crippen molar-refractivity contribution in [2.45, 2.75) is 53.9 Å². The first-order chi connectivity index (χ1) is 8.51. The maximum absolute atomic E-state index is 2.41. The summed E-state index contributed by atoms with van der Waals surface area (Å²) in [7, 11) is 2.41. The molecule has 0 aromatic rings. The molecule has 0 amide bonds. The van der Waals surface area contributed by atoms with E-state index < -0.39 is 0 Å². The Kier molecular flexibility index (Phi) is 8.89. The highest BCUT2D eigenvalue weighted by Crippen LogP contribution is 2.13. The highest BCUT2D eigenvalue weighted by Gasteiger charge is 2.28. The van der Waals surface area contributed by atoms with Gasteiger partial charge in [0.25, 0.3) is 0 Å². The first-order valence-electron chi connectivity index (χ1n) is 8.20. The Morgan fingerprint density at radius 1 is 0.611 bits per heavy atom. The van der Waals surface area contributed by atoms with E-state index in [-0.39, 0.29) is 0 Å². The average Bonchev–Trinajstić information content (AvgIpc) is 2.41. The SMILES string of the molecule is CCCC[N+](CC)(CCC)CC[N+](C)(CC)CC. The molecule has 0 N–H and O–H groups in total. The molecular weight excluding hydrogens is 220 g/mol. The van der Waals surface area contributed by atoms with E-state index in [1.807, 2.05) is 0 Å². The fourth-order valence-corrected chi connectivity index (χ4v) is 2.77. The summed E-state index contributed by atoms with van der Waals surface area (Å²) in [6, 6.07) is 0. The van der Waals surface area contributed by atoms with Crippen molar-refractivity contribution in [3.8, 4) is 0 Å². The molecule has 0 spiro atoms. The third kappa shape index (κ3) is 5.71. The lowest BCUT2D eigenvalue weighted by Gasteiger charge is -2.41. The van der Waals surface area contributed by atoms with E-state index in [2.05, 4.69) is 41.7 Å². The molecule has 2 heteroatoms. The Hall–Kier alpha value is -0.0800. The molecule has 0 bridgehead atoms. The van der Waals surface area contributed by atoms with Gasteiger partial charge in [0.15, 0.2) is 0 Å². The van der Waals surface area contributed by atoms with Crippen LogP contribution in [0.25, 0.3) is 0 Å². The lowest BCUT2D eigenvalue weighted by molar-refractivity contribution is -0.971. The Morgan fingerprint density at radius 3 is 1.61 bits per heavy atom. The second-order valence-electron chi connectivity index (χ2n) is 6.16. The van der Waals surface area contributed by atoms with Crippen molar-refractivity contribution >= 4 is 0 Å². The summed E-state index contributed by atoms with van der Waals surface area (Å²) < 4.78 is 2.58. The zero-order chi connectivity index (χ0) is 14.1. The van der Waals surface area contributed by atoms with Gasteiger partial charge in [0.1, 0.15) is 13.1 Å². The van der Waals surface area contributed by atoms with Crippen LogP contribution in [0.4, 0.5) is 0 Å². The summed E-state index contributed by atoms with van der Waals surface area (Å²) in [5.74, 6) is 0. The van der Waals surface area contributed by atoms with Gasteiger partial charge in [0, 0.05) is 0 Å². The maximum atomic E-state index is 2.41. The molecule has 0 aliphatic carbocycles. The third-order valence-electron chi connectivity index (χ3n) is 5.00. The zero-order valence-electron chi connectivity index (χ0n) is 14.0. The third-order valence-corrected chi connectivity index (χ3v) is 5.00. The topological polar surface area (TPSA) is 0 Å². The van der Waals surface area contributed by atoms with Gasteiger partial charge in [0.2, 0.25) is 0 Å². The number of quaternary nitrogens is 2.